The van der Waals surface area contributed by atoms with Crippen LogP contribution in [0.25, 0.3) is 0 Å². The Kier molecular flexibility index (Phi) is 4.97. The molecule has 1 aromatic carbocycles. The minimum atomic E-state index is 0.534. The van der Waals surface area contributed by atoms with E-state index in [2.05, 4.69) is 49.9 Å². The van der Waals surface area contributed by atoms with Crippen molar-refractivity contribution in [3.05, 3.63) is 29.8 Å². The number of hydrogen-bond donors (Lipinski definition) is 0. The summed E-state index contributed by atoms with van der Waals surface area (Å²) in [6.07, 6.45) is 0. The van der Waals surface area contributed by atoms with Crippen LogP contribution in [0.3, 0.4) is 0 Å². The summed E-state index contributed by atoms with van der Waals surface area (Å²) in [7, 11) is 0. The Morgan fingerprint density at radius 1 is 1.40 bits per heavy atom. The summed E-state index contributed by atoms with van der Waals surface area (Å²) in [5.74, 6) is 1.26. The first-order valence-corrected chi connectivity index (χ1v) is 6.08. The molecule has 0 amide bonds. The molecule has 0 aliphatic heterocycles. The van der Waals surface area contributed by atoms with Crippen LogP contribution in [0.1, 0.15) is 19.4 Å². The van der Waals surface area contributed by atoms with Gasteiger partial charge >= 0.3 is 0 Å². The summed E-state index contributed by atoms with van der Waals surface area (Å²) in [6, 6.07) is 8.63. The van der Waals surface area contributed by atoms with Crippen molar-refractivity contribution in [1.29, 1.82) is 0 Å². The predicted octanol–water partition coefficient (Wildman–Crippen LogP) is 3.70. The van der Waals surface area contributed by atoms with Gasteiger partial charge in [0.15, 0.2) is 0 Å². The second kappa shape index (κ2) is 6.02. The molecule has 1 unspecified atom stereocenters. The minimum absolute atomic E-state index is 0.534. The molecule has 0 bridgehead atoms. The van der Waals surface area contributed by atoms with Gasteiger partial charge in [-0.3, -0.25) is 0 Å². The molecule has 84 valence electrons. The lowest BCUT2D eigenvalue weighted by Crippen LogP contribution is -2.28. The first-order valence-electron chi connectivity index (χ1n) is 5.55. The summed E-state index contributed by atoms with van der Waals surface area (Å²) < 4.78 is 0. The maximum absolute atomic E-state index is 5.85. The highest BCUT2D eigenvalue weighted by Crippen LogP contribution is 2.17. The van der Waals surface area contributed by atoms with Gasteiger partial charge in [-0.05, 0) is 37.5 Å². The van der Waals surface area contributed by atoms with E-state index in [0.717, 1.165) is 19.0 Å². The third-order valence-electron chi connectivity index (χ3n) is 2.54. The molecule has 0 N–H and O–H groups in total. The van der Waals surface area contributed by atoms with Crippen LogP contribution in [-0.2, 0) is 0 Å². The lowest BCUT2D eigenvalue weighted by Gasteiger charge is -2.26. The molecule has 2 heteroatoms. The van der Waals surface area contributed by atoms with Gasteiger partial charge in [0.2, 0.25) is 0 Å². The molecular weight excluding hydrogens is 206 g/mol. The number of hydrogen-bond acceptors (Lipinski definition) is 1. The molecule has 0 aromatic heterocycles. The molecule has 1 nitrogen and oxygen atoms in total. The predicted molar refractivity (Wildman–Crippen MR) is 69.0 cm³/mol. The van der Waals surface area contributed by atoms with Crippen molar-refractivity contribution in [1.82, 2.24) is 0 Å². The molecule has 0 spiro atoms. The van der Waals surface area contributed by atoms with E-state index in [-0.39, 0.29) is 0 Å². The van der Waals surface area contributed by atoms with Gasteiger partial charge in [0.25, 0.3) is 0 Å². The SMILES string of the molecule is CCN(CC(C)CCl)c1cccc(C)c1. The number of nitrogens with zero attached hydrogens (tertiary/aromatic N) is 1. The van der Waals surface area contributed by atoms with Crippen molar-refractivity contribution in [2.24, 2.45) is 5.92 Å². The second-order valence-electron chi connectivity index (χ2n) is 4.14. The Morgan fingerprint density at radius 3 is 2.67 bits per heavy atom. The summed E-state index contributed by atoms with van der Waals surface area (Å²) in [6.45, 7) is 8.56. The Morgan fingerprint density at radius 2 is 2.13 bits per heavy atom. The lowest BCUT2D eigenvalue weighted by atomic mass is 10.1. The Balaban J connectivity index is 2.73. The van der Waals surface area contributed by atoms with E-state index in [9.17, 15) is 0 Å². The fourth-order valence-electron chi connectivity index (χ4n) is 1.67. The molecule has 0 heterocycles. The van der Waals surface area contributed by atoms with Crippen molar-refractivity contribution >= 4 is 17.3 Å². The van der Waals surface area contributed by atoms with E-state index in [4.69, 9.17) is 11.6 Å². The summed E-state index contributed by atoms with van der Waals surface area (Å²) in [5, 5.41) is 0. The zero-order valence-corrected chi connectivity index (χ0v) is 10.6. The van der Waals surface area contributed by atoms with Crippen LogP contribution in [0.5, 0.6) is 0 Å². The van der Waals surface area contributed by atoms with Crippen LogP contribution in [0.2, 0.25) is 0 Å². The van der Waals surface area contributed by atoms with Crippen LogP contribution in [0.15, 0.2) is 24.3 Å². The van der Waals surface area contributed by atoms with Gasteiger partial charge in [0.05, 0.1) is 0 Å². The zero-order chi connectivity index (χ0) is 11.3. The second-order valence-corrected chi connectivity index (χ2v) is 4.45. The highest BCUT2D eigenvalue weighted by Gasteiger charge is 2.08. The maximum atomic E-state index is 5.85. The fourth-order valence-corrected chi connectivity index (χ4v) is 1.76. The first kappa shape index (κ1) is 12.4. The van der Waals surface area contributed by atoms with Gasteiger partial charge in [-0.2, -0.15) is 0 Å². The third kappa shape index (κ3) is 3.75. The highest BCUT2D eigenvalue weighted by molar-refractivity contribution is 6.18. The van der Waals surface area contributed by atoms with E-state index in [1.807, 2.05) is 0 Å². The molecule has 0 fully saturated rings. The van der Waals surface area contributed by atoms with Gasteiger partial charge in [-0.25, -0.2) is 0 Å². The quantitative estimate of drug-likeness (QED) is 0.691. The summed E-state index contributed by atoms with van der Waals surface area (Å²) >= 11 is 5.85. The molecule has 1 atom stereocenters. The molecule has 0 radical (unpaired) electrons. The molecule has 0 saturated heterocycles. The highest BCUT2D eigenvalue weighted by atomic mass is 35.5. The van der Waals surface area contributed by atoms with E-state index in [0.29, 0.717) is 5.92 Å². The fraction of sp³-hybridized carbons (Fsp3) is 0.538. The largest absolute Gasteiger partial charge is 0.371 e. The van der Waals surface area contributed by atoms with Gasteiger partial charge < -0.3 is 4.90 Å². The normalized spacial score (nSPS) is 12.5. The summed E-state index contributed by atoms with van der Waals surface area (Å²) in [5.41, 5.74) is 2.61. The van der Waals surface area contributed by atoms with Crippen molar-refractivity contribution in [3.63, 3.8) is 0 Å². The Bertz CT molecular complexity index is 298. The van der Waals surface area contributed by atoms with E-state index in [1.165, 1.54) is 11.3 Å². The number of anilines is 1. The lowest BCUT2D eigenvalue weighted by molar-refractivity contribution is 0.624. The van der Waals surface area contributed by atoms with Crippen LogP contribution >= 0.6 is 11.6 Å². The van der Waals surface area contributed by atoms with Crippen LogP contribution in [0, 0.1) is 12.8 Å². The van der Waals surface area contributed by atoms with Crippen LogP contribution in [0.4, 0.5) is 5.69 Å². The molecule has 1 rings (SSSR count). The zero-order valence-electron chi connectivity index (χ0n) is 9.83. The van der Waals surface area contributed by atoms with Gasteiger partial charge in [-0.15, -0.1) is 11.6 Å². The van der Waals surface area contributed by atoms with Crippen LogP contribution in [-0.4, -0.2) is 19.0 Å². The molecular formula is C13H20ClN. The standard InChI is InChI=1S/C13H20ClN/c1-4-15(10-12(3)9-14)13-7-5-6-11(2)8-13/h5-8,12H,4,9-10H2,1-3H3. The number of aryl methyl sites for hydroxylation is 1. The average Bonchev–Trinajstić information content (AvgIpc) is 2.25. The van der Waals surface area contributed by atoms with Crippen molar-refractivity contribution in [3.8, 4) is 0 Å². The number of alkyl halides is 1. The van der Waals surface area contributed by atoms with Gasteiger partial charge in [0.1, 0.15) is 0 Å². The van der Waals surface area contributed by atoms with Gasteiger partial charge in [0, 0.05) is 24.7 Å². The number of rotatable bonds is 5. The number of benzene rings is 1. The van der Waals surface area contributed by atoms with E-state index in [1.54, 1.807) is 0 Å². The molecule has 0 aliphatic carbocycles. The average molecular weight is 226 g/mol. The van der Waals surface area contributed by atoms with Crippen molar-refractivity contribution in [2.45, 2.75) is 20.8 Å². The topological polar surface area (TPSA) is 3.24 Å². The van der Waals surface area contributed by atoms with Crippen molar-refractivity contribution in [2.75, 3.05) is 23.9 Å². The third-order valence-corrected chi connectivity index (χ3v) is 3.07. The molecule has 0 saturated carbocycles. The Labute approximate surface area is 98.0 Å². The van der Waals surface area contributed by atoms with E-state index >= 15 is 0 Å². The Hall–Kier alpha value is -0.690. The maximum Gasteiger partial charge on any atom is 0.0368 e. The first-order chi connectivity index (χ1) is 7.17. The molecule has 0 aliphatic rings. The number of halogens is 1. The monoisotopic (exact) mass is 225 g/mol. The smallest absolute Gasteiger partial charge is 0.0368 e. The van der Waals surface area contributed by atoms with Crippen LogP contribution < -0.4 is 4.90 Å². The molecule has 1 aromatic rings. The molecule has 15 heavy (non-hydrogen) atoms. The van der Waals surface area contributed by atoms with E-state index < -0.39 is 0 Å². The summed E-state index contributed by atoms with van der Waals surface area (Å²) in [4.78, 5) is 2.38. The van der Waals surface area contributed by atoms with Crippen molar-refractivity contribution < 1.29 is 0 Å². The van der Waals surface area contributed by atoms with Gasteiger partial charge in [-0.1, -0.05) is 19.1 Å². The minimum Gasteiger partial charge on any atom is -0.371 e.